The zero-order chi connectivity index (χ0) is 18.8. The molecule has 0 saturated carbocycles. The first-order valence-electron chi connectivity index (χ1n) is 8.67. The highest BCUT2D eigenvalue weighted by atomic mass is 19.1. The average Bonchev–Trinajstić information content (AvgIpc) is 2.65. The van der Waals surface area contributed by atoms with Gasteiger partial charge >= 0.3 is 0 Å². The topological polar surface area (TPSA) is 55.8 Å². The Morgan fingerprint density at radius 3 is 1.85 bits per heavy atom. The van der Waals surface area contributed by atoms with Crippen molar-refractivity contribution in [1.82, 2.24) is 0 Å². The standard InChI is InChI=1S/C21H25FO4/c1-16(23)12-20(24)19(22)13-21(25-14-17-8-4-2-5-9-17)26-15-18-10-6-3-7-11-18/h2-11,19-21,24H,12-15H2,1H3. The van der Waals surface area contributed by atoms with E-state index in [1.165, 1.54) is 6.92 Å². The second kappa shape index (κ2) is 10.8. The molecule has 2 aromatic rings. The summed E-state index contributed by atoms with van der Waals surface area (Å²) < 4.78 is 25.7. The van der Waals surface area contributed by atoms with Crippen LogP contribution in [0.5, 0.6) is 0 Å². The summed E-state index contributed by atoms with van der Waals surface area (Å²) in [7, 11) is 0. The van der Waals surface area contributed by atoms with Crippen molar-refractivity contribution < 1.29 is 23.8 Å². The van der Waals surface area contributed by atoms with Gasteiger partial charge < -0.3 is 14.6 Å². The number of rotatable bonds is 11. The van der Waals surface area contributed by atoms with Crippen LogP contribution in [0.4, 0.5) is 4.39 Å². The molecule has 2 rings (SSSR count). The van der Waals surface area contributed by atoms with Crippen LogP contribution < -0.4 is 0 Å². The summed E-state index contributed by atoms with van der Waals surface area (Å²) in [6.07, 6.45) is -4.14. The fraction of sp³-hybridized carbons (Fsp3) is 0.381. The molecule has 0 heterocycles. The Kier molecular flexibility index (Phi) is 8.41. The molecule has 5 heteroatoms. The van der Waals surface area contributed by atoms with Crippen molar-refractivity contribution in [3.8, 4) is 0 Å². The second-order valence-electron chi connectivity index (χ2n) is 6.25. The SMILES string of the molecule is CC(=O)CC(O)C(F)CC(OCc1ccccc1)OCc1ccccc1. The first-order chi connectivity index (χ1) is 12.5. The van der Waals surface area contributed by atoms with E-state index in [4.69, 9.17) is 9.47 Å². The van der Waals surface area contributed by atoms with Crippen LogP contribution >= 0.6 is 0 Å². The Bertz CT molecular complexity index is 604. The Balaban J connectivity index is 1.94. The minimum absolute atomic E-state index is 0.145. The van der Waals surface area contributed by atoms with Crippen LogP contribution in [0.15, 0.2) is 60.7 Å². The van der Waals surface area contributed by atoms with Crippen LogP contribution in [-0.4, -0.2) is 29.5 Å². The van der Waals surface area contributed by atoms with E-state index in [9.17, 15) is 14.3 Å². The number of aliphatic hydroxyl groups excluding tert-OH is 1. The molecule has 0 bridgehead atoms. The van der Waals surface area contributed by atoms with Crippen LogP contribution in [0.1, 0.15) is 30.9 Å². The van der Waals surface area contributed by atoms with Crippen molar-refractivity contribution in [3.63, 3.8) is 0 Å². The van der Waals surface area contributed by atoms with Crippen LogP contribution in [-0.2, 0) is 27.5 Å². The molecule has 1 N–H and O–H groups in total. The van der Waals surface area contributed by atoms with Gasteiger partial charge in [0.25, 0.3) is 0 Å². The van der Waals surface area contributed by atoms with Gasteiger partial charge in [0.2, 0.25) is 0 Å². The summed E-state index contributed by atoms with van der Waals surface area (Å²) in [5.74, 6) is -0.257. The van der Waals surface area contributed by atoms with Gasteiger partial charge in [0.1, 0.15) is 12.0 Å². The highest BCUT2D eigenvalue weighted by molar-refractivity contribution is 5.76. The number of benzene rings is 2. The monoisotopic (exact) mass is 360 g/mol. The van der Waals surface area contributed by atoms with Gasteiger partial charge in [-0.15, -0.1) is 0 Å². The number of ether oxygens (including phenoxy) is 2. The van der Waals surface area contributed by atoms with E-state index in [1.807, 2.05) is 60.7 Å². The maximum absolute atomic E-state index is 14.3. The summed E-state index contributed by atoms with van der Waals surface area (Å²) >= 11 is 0. The highest BCUT2D eigenvalue weighted by Gasteiger charge is 2.25. The van der Waals surface area contributed by atoms with Crippen molar-refractivity contribution in [2.75, 3.05) is 0 Å². The third-order valence-corrected chi connectivity index (χ3v) is 3.89. The fourth-order valence-corrected chi connectivity index (χ4v) is 2.47. The number of halogens is 1. The Labute approximate surface area is 153 Å². The van der Waals surface area contributed by atoms with Gasteiger partial charge in [-0.25, -0.2) is 4.39 Å². The summed E-state index contributed by atoms with van der Waals surface area (Å²) in [5.41, 5.74) is 1.89. The minimum atomic E-state index is -1.60. The zero-order valence-electron chi connectivity index (χ0n) is 14.9. The molecule has 4 nitrogen and oxygen atoms in total. The van der Waals surface area contributed by atoms with Crippen molar-refractivity contribution in [2.45, 2.75) is 51.5 Å². The molecule has 0 spiro atoms. The molecule has 0 fully saturated rings. The number of hydrogen-bond donors (Lipinski definition) is 1. The van der Waals surface area contributed by atoms with E-state index in [-0.39, 0.29) is 31.8 Å². The smallest absolute Gasteiger partial charge is 0.161 e. The number of hydrogen-bond acceptors (Lipinski definition) is 4. The first-order valence-corrected chi connectivity index (χ1v) is 8.67. The Morgan fingerprint density at radius 2 is 1.42 bits per heavy atom. The van der Waals surface area contributed by atoms with Crippen LogP contribution in [0, 0.1) is 0 Å². The lowest BCUT2D eigenvalue weighted by molar-refractivity contribution is -0.172. The van der Waals surface area contributed by atoms with Crippen molar-refractivity contribution >= 4 is 5.78 Å². The zero-order valence-corrected chi connectivity index (χ0v) is 14.9. The molecule has 2 atom stereocenters. The highest BCUT2D eigenvalue weighted by Crippen LogP contribution is 2.17. The molecule has 2 unspecified atom stereocenters. The lowest BCUT2D eigenvalue weighted by atomic mass is 10.1. The van der Waals surface area contributed by atoms with E-state index in [0.29, 0.717) is 0 Å². The number of Topliss-reactive ketones (excluding diaryl/α,β-unsaturated/α-hetero) is 1. The third-order valence-electron chi connectivity index (χ3n) is 3.89. The van der Waals surface area contributed by atoms with E-state index < -0.39 is 18.6 Å². The largest absolute Gasteiger partial charge is 0.390 e. The molecule has 0 amide bonds. The van der Waals surface area contributed by atoms with Gasteiger partial charge in [-0.1, -0.05) is 60.7 Å². The van der Waals surface area contributed by atoms with Gasteiger partial charge in [0, 0.05) is 12.8 Å². The molecule has 0 aliphatic rings. The Hall–Kier alpha value is -2.08. The summed E-state index contributed by atoms with van der Waals surface area (Å²) in [4.78, 5) is 11.1. The number of carbonyl (C=O) groups is 1. The maximum Gasteiger partial charge on any atom is 0.161 e. The molecule has 2 aromatic carbocycles. The number of carbonyl (C=O) groups excluding carboxylic acids is 1. The average molecular weight is 360 g/mol. The van der Waals surface area contributed by atoms with Gasteiger partial charge in [-0.2, -0.15) is 0 Å². The third kappa shape index (κ3) is 7.44. The van der Waals surface area contributed by atoms with E-state index >= 15 is 0 Å². The van der Waals surface area contributed by atoms with Crippen LogP contribution in [0.2, 0.25) is 0 Å². The molecule has 0 aliphatic heterocycles. The maximum atomic E-state index is 14.3. The lowest BCUT2D eigenvalue weighted by Crippen LogP contribution is -2.30. The lowest BCUT2D eigenvalue weighted by Gasteiger charge is -2.23. The molecule has 140 valence electrons. The molecule has 0 saturated heterocycles. The van der Waals surface area contributed by atoms with Crippen molar-refractivity contribution in [2.24, 2.45) is 0 Å². The van der Waals surface area contributed by atoms with Gasteiger partial charge in [0.15, 0.2) is 6.29 Å². The van der Waals surface area contributed by atoms with E-state index in [0.717, 1.165) is 11.1 Å². The fourth-order valence-electron chi connectivity index (χ4n) is 2.47. The minimum Gasteiger partial charge on any atom is -0.390 e. The molecular weight excluding hydrogens is 335 g/mol. The van der Waals surface area contributed by atoms with Crippen molar-refractivity contribution in [1.29, 1.82) is 0 Å². The molecule has 0 aliphatic carbocycles. The molecule has 0 radical (unpaired) electrons. The number of ketones is 1. The molecule has 0 aromatic heterocycles. The second-order valence-corrected chi connectivity index (χ2v) is 6.25. The van der Waals surface area contributed by atoms with Gasteiger partial charge in [-0.3, -0.25) is 4.79 Å². The summed E-state index contributed by atoms with van der Waals surface area (Å²) in [6.45, 7) is 1.87. The van der Waals surface area contributed by atoms with Crippen LogP contribution in [0.25, 0.3) is 0 Å². The number of aliphatic hydroxyl groups is 1. The Morgan fingerprint density at radius 1 is 0.962 bits per heavy atom. The summed E-state index contributed by atoms with van der Waals surface area (Å²) in [5, 5.41) is 9.80. The normalized spacial score (nSPS) is 13.5. The molecule has 26 heavy (non-hydrogen) atoms. The van der Waals surface area contributed by atoms with Crippen LogP contribution in [0.3, 0.4) is 0 Å². The predicted molar refractivity (Wildman–Crippen MR) is 97.1 cm³/mol. The predicted octanol–water partition coefficient (Wildman–Crippen LogP) is 3.81. The van der Waals surface area contributed by atoms with E-state index in [1.54, 1.807) is 0 Å². The van der Waals surface area contributed by atoms with Crippen molar-refractivity contribution in [3.05, 3.63) is 71.8 Å². The van der Waals surface area contributed by atoms with Gasteiger partial charge in [-0.05, 0) is 18.1 Å². The number of alkyl halides is 1. The summed E-state index contributed by atoms with van der Waals surface area (Å²) in [6, 6.07) is 19.0. The van der Waals surface area contributed by atoms with Gasteiger partial charge in [0.05, 0.1) is 19.3 Å². The molecular formula is C21H25FO4. The van der Waals surface area contributed by atoms with E-state index in [2.05, 4.69) is 0 Å². The first kappa shape index (κ1) is 20.2. The quantitative estimate of drug-likeness (QED) is 0.619.